The Morgan fingerprint density at radius 3 is 2.53 bits per heavy atom. The summed E-state index contributed by atoms with van der Waals surface area (Å²) in [6.07, 6.45) is -2.43. The predicted octanol–water partition coefficient (Wildman–Crippen LogP) is 4.90. The molecule has 1 aliphatic rings. The third kappa shape index (κ3) is 5.70. The van der Waals surface area contributed by atoms with Crippen LogP contribution in [0.5, 0.6) is 0 Å². The normalized spacial score (nSPS) is 19.0. The van der Waals surface area contributed by atoms with Crippen molar-refractivity contribution in [3.63, 3.8) is 0 Å². The summed E-state index contributed by atoms with van der Waals surface area (Å²) in [5.74, 6) is -1.21. The molecule has 3 unspecified atom stereocenters. The molecule has 0 spiro atoms. The van der Waals surface area contributed by atoms with Gasteiger partial charge in [-0.2, -0.15) is 5.10 Å². The summed E-state index contributed by atoms with van der Waals surface area (Å²) in [6.45, 7) is 6.45. The number of likely N-dealkylation sites (tertiary alicyclic amines) is 1. The highest BCUT2D eigenvalue weighted by Gasteiger charge is 2.38. The van der Waals surface area contributed by atoms with Crippen molar-refractivity contribution < 1.29 is 23.1 Å². The van der Waals surface area contributed by atoms with E-state index in [1.807, 2.05) is 51.1 Å². The van der Waals surface area contributed by atoms with Gasteiger partial charge in [0.1, 0.15) is 23.6 Å². The van der Waals surface area contributed by atoms with Crippen LogP contribution in [0.25, 0.3) is 11.4 Å². The van der Waals surface area contributed by atoms with E-state index in [2.05, 4.69) is 15.4 Å². The molecule has 1 aromatic heterocycles. The average Bonchev–Trinajstić information content (AvgIpc) is 3.39. The molecule has 36 heavy (non-hydrogen) atoms. The lowest BCUT2D eigenvalue weighted by atomic mass is 9.85. The van der Waals surface area contributed by atoms with Crippen molar-refractivity contribution in [1.82, 2.24) is 25.0 Å². The van der Waals surface area contributed by atoms with E-state index < -0.39 is 41.3 Å². The molecule has 3 aromatic rings. The molecule has 4 rings (SSSR count). The molecule has 0 saturated carbocycles. The Balaban J connectivity index is 1.69. The number of nitrogens with one attached hydrogen (secondary N) is 1. The molecule has 2 heterocycles. The van der Waals surface area contributed by atoms with Crippen LogP contribution in [0.15, 0.2) is 48.5 Å². The van der Waals surface area contributed by atoms with Crippen LogP contribution in [-0.4, -0.2) is 56.7 Å². The van der Waals surface area contributed by atoms with Crippen molar-refractivity contribution in [3.05, 3.63) is 71.6 Å². The standard InChI is InChI=1S/C26H30F3N5O2/c1-26(2,3)22(30-12-17-14-33(25(35)36)15-21(17)29)24-31-23(19-11-18(27)9-10-20(19)28)32-34(24)13-16-7-5-4-6-8-16/h4-11,17,21-22,30H,12-15H2,1-3H3,(H,35,36). The molecule has 3 atom stereocenters. The van der Waals surface area contributed by atoms with Crippen molar-refractivity contribution in [2.24, 2.45) is 11.3 Å². The van der Waals surface area contributed by atoms with Gasteiger partial charge in [-0.3, -0.25) is 0 Å². The zero-order valence-corrected chi connectivity index (χ0v) is 20.5. The highest BCUT2D eigenvalue weighted by Crippen LogP contribution is 2.34. The summed E-state index contributed by atoms with van der Waals surface area (Å²) < 4.78 is 44.7. The molecule has 2 aromatic carbocycles. The van der Waals surface area contributed by atoms with Gasteiger partial charge in [0.05, 0.1) is 24.7 Å². The summed E-state index contributed by atoms with van der Waals surface area (Å²) in [5.41, 5.74) is 0.475. The van der Waals surface area contributed by atoms with Gasteiger partial charge in [-0.1, -0.05) is 51.1 Å². The number of amides is 1. The maximum atomic E-state index is 14.6. The second-order valence-electron chi connectivity index (χ2n) is 10.2. The Labute approximate surface area is 208 Å². The first kappa shape index (κ1) is 25.7. The van der Waals surface area contributed by atoms with Gasteiger partial charge in [0.2, 0.25) is 0 Å². The number of carboxylic acid groups (broad SMARTS) is 1. The smallest absolute Gasteiger partial charge is 0.407 e. The van der Waals surface area contributed by atoms with Gasteiger partial charge >= 0.3 is 6.09 Å². The Hall–Kier alpha value is -3.40. The summed E-state index contributed by atoms with van der Waals surface area (Å²) in [6, 6.07) is 12.3. The molecule has 10 heteroatoms. The monoisotopic (exact) mass is 501 g/mol. The molecule has 1 fully saturated rings. The second kappa shape index (κ2) is 10.3. The highest BCUT2D eigenvalue weighted by molar-refractivity contribution is 5.65. The quantitative estimate of drug-likeness (QED) is 0.481. The fourth-order valence-electron chi connectivity index (χ4n) is 4.46. The van der Waals surface area contributed by atoms with Crippen molar-refractivity contribution in [1.29, 1.82) is 0 Å². The van der Waals surface area contributed by atoms with Crippen LogP contribution in [-0.2, 0) is 6.54 Å². The fraction of sp³-hybridized carbons (Fsp3) is 0.423. The minimum absolute atomic E-state index is 0.0487. The van der Waals surface area contributed by atoms with Crippen LogP contribution >= 0.6 is 0 Å². The third-order valence-electron chi connectivity index (χ3n) is 6.38. The Morgan fingerprint density at radius 1 is 1.17 bits per heavy atom. The van der Waals surface area contributed by atoms with E-state index >= 15 is 0 Å². The molecule has 0 bridgehead atoms. The molecule has 192 valence electrons. The lowest BCUT2D eigenvalue weighted by Crippen LogP contribution is -2.39. The van der Waals surface area contributed by atoms with E-state index in [4.69, 9.17) is 0 Å². The van der Waals surface area contributed by atoms with Crippen molar-refractivity contribution in [2.45, 2.75) is 39.5 Å². The first-order chi connectivity index (χ1) is 17.0. The minimum atomic E-state index is -1.28. The van der Waals surface area contributed by atoms with E-state index in [-0.39, 0.29) is 31.0 Å². The van der Waals surface area contributed by atoms with Crippen LogP contribution in [0.3, 0.4) is 0 Å². The number of benzene rings is 2. The SMILES string of the molecule is CC(C)(C)C(NCC1CN(C(=O)O)CC1F)c1nc(-c2cc(F)ccc2F)nn1Cc1ccccc1. The van der Waals surface area contributed by atoms with Gasteiger partial charge in [-0.05, 0) is 29.2 Å². The first-order valence-electron chi connectivity index (χ1n) is 11.8. The van der Waals surface area contributed by atoms with Crippen LogP contribution in [0.2, 0.25) is 0 Å². The molecule has 0 aliphatic carbocycles. The fourth-order valence-corrected chi connectivity index (χ4v) is 4.46. The maximum Gasteiger partial charge on any atom is 0.407 e. The number of nitrogens with zero attached hydrogens (tertiary/aromatic N) is 4. The second-order valence-corrected chi connectivity index (χ2v) is 10.2. The van der Waals surface area contributed by atoms with Crippen LogP contribution in [0.1, 0.15) is 38.2 Å². The molecular formula is C26H30F3N5O2. The van der Waals surface area contributed by atoms with Crippen molar-refractivity contribution in [2.75, 3.05) is 19.6 Å². The third-order valence-corrected chi connectivity index (χ3v) is 6.38. The maximum absolute atomic E-state index is 14.6. The van der Waals surface area contributed by atoms with Gasteiger partial charge in [-0.25, -0.2) is 27.6 Å². The molecule has 1 amide bonds. The summed E-state index contributed by atoms with van der Waals surface area (Å²) in [4.78, 5) is 17.0. The number of carbonyl (C=O) groups is 1. The summed E-state index contributed by atoms with van der Waals surface area (Å²) >= 11 is 0. The largest absolute Gasteiger partial charge is 0.465 e. The van der Waals surface area contributed by atoms with Gasteiger partial charge in [0.15, 0.2) is 5.82 Å². The number of rotatable bonds is 7. The van der Waals surface area contributed by atoms with Crippen LogP contribution in [0, 0.1) is 23.0 Å². The highest BCUT2D eigenvalue weighted by atomic mass is 19.1. The van der Waals surface area contributed by atoms with Crippen LogP contribution < -0.4 is 5.32 Å². The number of hydrogen-bond donors (Lipinski definition) is 2. The molecule has 0 radical (unpaired) electrons. The number of hydrogen-bond acceptors (Lipinski definition) is 4. The average molecular weight is 502 g/mol. The van der Waals surface area contributed by atoms with E-state index in [9.17, 15) is 23.1 Å². The Morgan fingerprint density at radius 2 is 1.89 bits per heavy atom. The minimum Gasteiger partial charge on any atom is -0.465 e. The van der Waals surface area contributed by atoms with Crippen LogP contribution in [0.4, 0.5) is 18.0 Å². The number of halogens is 3. The number of aromatic nitrogens is 3. The Bertz CT molecular complexity index is 1210. The molecule has 1 aliphatic heterocycles. The molecular weight excluding hydrogens is 471 g/mol. The predicted molar refractivity (Wildman–Crippen MR) is 129 cm³/mol. The van der Waals surface area contributed by atoms with E-state index in [1.165, 1.54) is 0 Å². The van der Waals surface area contributed by atoms with Crippen molar-refractivity contribution >= 4 is 6.09 Å². The van der Waals surface area contributed by atoms with Gasteiger partial charge in [-0.15, -0.1) is 0 Å². The summed E-state index contributed by atoms with van der Waals surface area (Å²) in [7, 11) is 0. The lowest BCUT2D eigenvalue weighted by molar-refractivity contribution is 0.152. The zero-order valence-electron chi connectivity index (χ0n) is 20.5. The molecule has 1 saturated heterocycles. The van der Waals surface area contributed by atoms with E-state index in [1.54, 1.807) is 4.68 Å². The Kier molecular flexibility index (Phi) is 7.35. The number of alkyl halides is 1. The van der Waals surface area contributed by atoms with Gasteiger partial charge in [0, 0.05) is 19.0 Å². The van der Waals surface area contributed by atoms with E-state index in [0.29, 0.717) is 12.4 Å². The lowest BCUT2D eigenvalue weighted by Gasteiger charge is -2.32. The summed E-state index contributed by atoms with van der Waals surface area (Å²) in [5, 5.41) is 17.1. The zero-order chi connectivity index (χ0) is 26.0. The molecule has 2 N–H and O–H groups in total. The van der Waals surface area contributed by atoms with E-state index in [0.717, 1.165) is 28.7 Å². The topological polar surface area (TPSA) is 83.3 Å². The first-order valence-corrected chi connectivity index (χ1v) is 11.8. The van der Waals surface area contributed by atoms with Crippen molar-refractivity contribution in [3.8, 4) is 11.4 Å². The van der Waals surface area contributed by atoms with Gasteiger partial charge < -0.3 is 15.3 Å². The van der Waals surface area contributed by atoms with Gasteiger partial charge in [0.25, 0.3) is 0 Å². The molecule has 7 nitrogen and oxygen atoms in total.